The van der Waals surface area contributed by atoms with Crippen molar-refractivity contribution in [3.8, 4) is 0 Å². The van der Waals surface area contributed by atoms with Crippen LogP contribution in [0, 0.1) is 5.41 Å². The summed E-state index contributed by atoms with van der Waals surface area (Å²) in [6, 6.07) is 9.70. The van der Waals surface area contributed by atoms with Crippen LogP contribution in [0.5, 0.6) is 0 Å². The van der Waals surface area contributed by atoms with Crippen molar-refractivity contribution in [2.75, 3.05) is 19.6 Å². The van der Waals surface area contributed by atoms with Crippen molar-refractivity contribution in [2.45, 2.75) is 26.4 Å². The van der Waals surface area contributed by atoms with Crippen LogP contribution in [0.1, 0.15) is 25.3 Å². The van der Waals surface area contributed by atoms with Crippen LogP contribution in [0.15, 0.2) is 30.3 Å². The van der Waals surface area contributed by atoms with Crippen LogP contribution in [-0.4, -0.2) is 25.7 Å². The molecule has 1 aliphatic rings. The molecule has 1 heterocycles. The quantitative estimate of drug-likeness (QED) is 0.875. The fraction of sp³-hybridized carbons (Fsp3) is 0.533. The third-order valence-corrected chi connectivity index (χ3v) is 3.56. The number of amides is 1. The standard InChI is InChI=1S/C15H22N2O2/c1-15(8-5-9-16-11-15)12-17-14(18)19-10-13-6-3-2-4-7-13/h2-4,6-7,16H,5,8-12H2,1H3,(H,17,18). The van der Waals surface area contributed by atoms with Gasteiger partial charge >= 0.3 is 6.09 Å². The fourth-order valence-corrected chi connectivity index (χ4v) is 2.33. The molecule has 0 radical (unpaired) electrons. The zero-order valence-corrected chi connectivity index (χ0v) is 11.4. The molecule has 2 rings (SSSR count). The van der Waals surface area contributed by atoms with Crippen LogP contribution in [0.3, 0.4) is 0 Å². The maximum absolute atomic E-state index is 11.6. The summed E-state index contributed by atoms with van der Waals surface area (Å²) in [7, 11) is 0. The summed E-state index contributed by atoms with van der Waals surface area (Å²) in [6.07, 6.45) is 1.96. The van der Waals surface area contributed by atoms with Crippen molar-refractivity contribution in [1.29, 1.82) is 0 Å². The van der Waals surface area contributed by atoms with Gasteiger partial charge in [-0.25, -0.2) is 4.79 Å². The molecule has 1 aromatic rings. The van der Waals surface area contributed by atoms with E-state index in [1.807, 2.05) is 30.3 Å². The smallest absolute Gasteiger partial charge is 0.407 e. The van der Waals surface area contributed by atoms with E-state index in [2.05, 4.69) is 17.6 Å². The van der Waals surface area contributed by atoms with E-state index < -0.39 is 0 Å². The molecule has 2 N–H and O–H groups in total. The van der Waals surface area contributed by atoms with E-state index in [-0.39, 0.29) is 11.5 Å². The molecular formula is C15H22N2O2. The number of hydrogen-bond donors (Lipinski definition) is 2. The Labute approximate surface area is 114 Å². The van der Waals surface area contributed by atoms with Crippen LogP contribution in [0.25, 0.3) is 0 Å². The van der Waals surface area contributed by atoms with Gasteiger partial charge in [-0.2, -0.15) is 0 Å². The Morgan fingerprint density at radius 3 is 2.89 bits per heavy atom. The molecule has 1 saturated heterocycles. The molecule has 1 unspecified atom stereocenters. The SMILES string of the molecule is CC1(CNC(=O)OCc2ccccc2)CCCNC1. The van der Waals surface area contributed by atoms with Crippen molar-refractivity contribution < 1.29 is 9.53 Å². The molecule has 1 aliphatic heterocycles. The van der Waals surface area contributed by atoms with Gasteiger partial charge in [-0.1, -0.05) is 37.3 Å². The highest BCUT2D eigenvalue weighted by Crippen LogP contribution is 2.24. The van der Waals surface area contributed by atoms with Gasteiger partial charge in [0, 0.05) is 13.1 Å². The van der Waals surface area contributed by atoms with E-state index in [4.69, 9.17) is 4.74 Å². The largest absolute Gasteiger partial charge is 0.445 e. The van der Waals surface area contributed by atoms with E-state index >= 15 is 0 Å². The molecule has 0 aliphatic carbocycles. The predicted octanol–water partition coefficient (Wildman–Crippen LogP) is 2.30. The number of hydrogen-bond acceptors (Lipinski definition) is 3. The Morgan fingerprint density at radius 1 is 1.42 bits per heavy atom. The topological polar surface area (TPSA) is 50.4 Å². The lowest BCUT2D eigenvalue weighted by Crippen LogP contribution is -2.45. The third-order valence-electron chi connectivity index (χ3n) is 3.56. The molecule has 0 bridgehead atoms. The monoisotopic (exact) mass is 262 g/mol. The summed E-state index contributed by atoms with van der Waals surface area (Å²) in [6.45, 7) is 5.20. The first-order valence-corrected chi connectivity index (χ1v) is 6.83. The summed E-state index contributed by atoms with van der Waals surface area (Å²) in [5, 5.41) is 6.23. The molecule has 4 nitrogen and oxygen atoms in total. The van der Waals surface area contributed by atoms with E-state index in [1.54, 1.807) is 0 Å². The second kappa shape index (κ2) is 6.57. The van der Waals surface area contributed by atoms with Gasteiger partial charge in [0.1, 0.15) is 6.61 Å². The highest BCUT2D eigenvalue weighted by molar-refractivity contribution is 5.67. The van der Waals surface area contributed by atoms with Gasteiger partial charge in [0.15, 0.2) is 0 Å². The van der Waals surface area contributed by atoms with Gasteiger partial charge in [-0.3, -0.25) is 0 Å². The predicted molar refractivity (Wildman–Crippen MR) is 74.8 cm³/mol. The minimum atomic E-state index is -0.337. The lowest BCUT2D eigenvalue weighted by Gasteiger charge is -2.34. The zero-order valence-electron chi connectivity index (χ0n) is 11.4. The fourth-order valence-electron chi connectivity index (χ4n) is 2.33. The summed E-state index contributed by atoms with van der Waals surface area (Å²) >= 11 is 0. The number of piperidine rings is 1. The molecular weight excluding hydrogens is 240 g/mol. The lowest BCUT2D eigenvalue weighted by molar-refractivity contribution is 0.130. The summed E-state index contributed by atoms with van der Waals surface area (Å²) in [5.74, 6) is 0. The van der Waals surface area contributed by atoms with Crippen LogP contribution in [0.4, 0.5) is 4.79 Å². The normalized spacial score (nSPS) is 22.8. The number of carbonyl (C=O) groups is 1. The first-order chi connectivity index (χ1) is 9.18. The average molecular weight is 262 g/mol. The van der Waals surface area contributed by atoms with Crippen molar-refractivity contribution in [3.63, 3.8) is 0 Å². The molecule has 0 aromatic heterocycles. The van der Waals surface area contributed by atoms with Crippen LogP contribution >= 0.6 is 0 Å². The molecule has 0 spiro atoms. The number of alkyl carbamates (subject to hydrolysis) is 1. The summed E-state index contributed by atoms with van der Waals surface area (Å²) < 4.78 is 5.19. The Bertz CT molecular complexity index is 400. The Balaban J connectivity index is 1.70. The highest BCUT2D eigenvalue weighted by atomic mass is 16.5. The van der Waals surface area contributed by atoms with Crippen LogP contribution < -0.4 is 10.6 Å². The molecule has 104 valence electrons. The van der Waals surface area contributed by atoms with E-state index in [9.17, 15) is 4.79 Å². The summed E-state index contributed by atoms with van der Waals surface area (Å²) in [5.41, 5.74) is 1.15. The van der Waals surface area contributed by atoms with E-state index in [1.165, 1.54) is 0 Å². The first-order valence-electron chi connectivity index (χ1n) is 6.83. The first kappa shape index (κ1) is 13.9. The molecule has 0 saturated carbocycles. The number of carbonyl (C=O) groups excluding carboxylic acids is 1. The van der Waals surface area contributed by atoms with Crippen molar-refractivity contribution in [2.24, 2.45) is 5.41 Å². The molecule has 1 amide bonds. The Hall–Kier alpha value is -1.55. The minimum Gasteiger partial charge on any atom is -0.445 e. The van der Waals surface area contributed by atoms with Crippen molar-refractivity contribution in [3.05, 3.63) is 35.9 Å². The highest BCUT2D eigenvalue weighted by Gasteiger charge is 2.27. The minimum absolute atomic E-state index is 0.143. The molecule has 4 heteroatoms. The van der Waals surface area contributed by atoms with E-state index in [0.717, 1.165) is 31.5 Å². The van der Waals surface area contributed by atoms with Crippen molar-refractivity contribution >= 4 is 6.09 Å². The van der Waals surface area contributed by atoms with Gasteiger partial charge in [-0.15, -0.1) is 0 Å². The molecule has 1 aromatic carbocycles. The molecule has 19 heavy (non-hydrogen) atoms. The second-order valence-electron chi connectivity index (χ2n) is 5.51. The second-order valence-corrected chi connectivity index (χ2v) is 5.51. The van der Waals surface area contributed by atoms with E-state index in [0.29, 0.717) is 13.2 Å². The number of ether oxygens (including phenoxy) is 1. The van der Waals surface area contributed by atoms with Crippen molar-refractivity contribution in [1.82, 2.24) is 10.6 Å². The maximum atomic E-state index is 11.6. The van der Waals surface area contributed by atoms with Gasteiger partial charge < -0.3 is 15.4 Å². The number of benzene rings is 1. The Morgan fingerprint density at radius 2 is 2.21 bits per heavy atom. The third kappa shape index (κ3) is 4.56. The van der Waals surface area contributed by atoms with Gasteiger partial charge in [-0.05, 0) is 30.4 Å². The summed E-state index contributed by atoms with van der Waals surface area (Å²) in [4.78, 5) is 11.6. The number of nitrogens with one attached hydrogen (secondary N) is 2. The molecule has 1 atom stereocenters. The zero-order chi connectivity index (χ0) is 13.6. The maximum Gasteiger partial charge on any atom is 0.407 e. The van der Waals surface area contributed by atoms with Gasteiger partial charge in [0.2, 0.25) is 0 Å². The Kier molecular flexibility index (Phi) is 4.80. The van der Waals surface area contributed by atoms with Gasteiger partial charge in [0.05, 0.1) is 0 Å². The van der Waals surface area contributed by atoms with Crippen LogP contribution in [-0.2, 0) is 11.3 Å². The van der Waals surface area contributed by atoms with Crippen LogP contribution in [0.2, 0.25) is 0 Å². The number of rotatable bonds is 4. The molecule has 1 fully saturated rings. The average Bonchev–Trinajstić information content (AvgIpc) is 2.45. The lowest BCUT2D eigenvalue weighted by atomic mass is 9.83. The van der Waals surface area contributed by atoms with Gasteiger partial charge in [0.25, 0.3) is 0 Å².